The molecule has 0 aromatic heterocycles. The van der Waals surface area contributed by atoms with Gasteiger partial charge < -0.3 is 19.5 Å². The summed E-state index contributed by atoms with van der Waals surface area (Å²) in [5, 5.41) is 11.2. The number of carbonyl (C=O) groups excluding carboxylic acids is 2. The van der Waals surface area contributed by atoms with Gasteiger partial charge in [0.2, 0.25) is 5.91 Å². The van der Waals surface area contributed by atoms with Gasteiger partial charge in [0.05, 0.1) is 18.6 Å². The average Bonchev–Trinajstić information content (AvgIpc) is 2.96. The Kier molecular flexibility index (Phi) is 2.32. The summed E-state index contributed by atoms with van der Waals surface area (Å²) in [6.45, 7) is 4.44. The van der Waals surface area contributed by atoms with E-state index in [-0.39, 0.29) is 11.9 Å². The number of nitrogens with zero attached hydrogens (tertiary/aromatic N) is 1. The third-order valence-corrected chi connectivity index (χ3v) is 4.52. The van der Waals surface area contributed by atoms with Gasteiger partial charge in [0.15, 0.2) is 0 Å². The van der Waals surface area contributed by atoms with E-state index in [4.69, 9.17) is 4.74 Å². The largest absolute Gasteiger partial charge is 0.550 e. The summed E-state index contributed by atoms with van der Waals surface area (Å²) in [5.41, 5.74) is -0.726. The highest BCUT2D eigenvalue weighted by molar-refractivity contribution is 5.90. The predicted molar refractivity (Wildman–Crippen MR) is 60.2 cm³/mol. The number of carboxylic acid groups (broad SMARTS) is 1. The van der Waals surface area contributed by atoms with Crippen LogP contribution in [0.5, 0.6) is 0 Å². The van der Waals surface area contributed by atoms with Crippen LogP contribution in [0.4, 0.5) is 0 Å². The van der Waals surface area contributed by atoms with Crippen molar-refractivity contribution >= 4 is 11.9 Å². The van der Waals surface area contributed by atoms with Gasteiger partial charge in [-0.2, -0.15) is 0 Å². The summed E-state index contributed by atoms with van der Waals surface area (Å²) >= 11 is 0. The van der Waals surface area contributed by atoms with E-state index in [0.717, 1.165) is 6.42 Å². The van der Waals surface area contributed by atoms with E-state index in [1.807, 2.05) is 19.9 Å². The third kappa shape index (κ3) is 1.25. The van der Waals surface area contributed by atoms with Gasteiger partial charge >= 0.3 is 0 Å². The lowest BCUT2D eigenvalue weighted by molar-refractivity contribution is -0.313. The minimum atomic E-state index is -1.18. The Morgan fingerprint density at radius 2 is 2.44 bits per heavy atom. The molecule has 2 saturated heterocycles. The standard InChI is InChI=1S/C13H17NO4/c1-3-7(2)14-6-13-5-4-8(18-13)9(12(16)17)10(13)11(14)15/h4-5,7-10H,3,6H2,1-2H3,(H,16,17)/p-1/t7-,8+,9+,10+,13-/m1/s1. The van der Waals surface area contributed by atoms with Crippen LogP contribution in [0.3, 0.4) is 0 Å². The molecular weight excluding hydrogens is 234 g/mol. The lowest BCUT2D eigenvalue weighted by Gasteiger charge is -2.26. The SMILES string of the molecule is CC[C@@H](C)N1C[C@@]23C=C[C@H](O2)[C@H](C(=O)[O-])[C@H]3C1=O. The van der Waals surface area contributed by atoms with Crippen LogP contribution in [0.2, 0.25) is 0 Å². The van der Waals surface area contributed by atoms with Crippen LogP contribution in [0, 0.1) is 11.8 Å². The summed E-state index contributed by atoms with van der Waals surface area (Å²) < 4.78 is 5.76. The highest BCUT2D eigenvalue weighted by atomic mass is 16.5. The second-order valence-corrected chi connectivity index (χ2v) is 5.44. The van der Waals surface area contributed by atoms with Crippen molar-refractivity contribution in [2.75, 3.05) is 6.54 Å². The smallest absolute Gasteiger partial charge is 0.230 e. The maximum Gasteiger partial charge on any atom is 0.230 e. The van der Waals surface area contributed by atoms with Crippen LogP contribution in [0.1, 0.15) is 20.3 Å². The summed E-state index contributed by atoms with van der Waals surface area (Å²) in [6.07, 6.45) is 3.97. The maximum atomic E-state index is 12.4. The first kappa shape index (κ1) is 11.7. The number of hydrogen-bond donors (Lipinski definition) is 0. The Labute approximate surface area is 105 Å². The Morgan fingerprint density at radius 1 is 1.72 bits per heavy atom. The summed E-state index contributed by atoms with van der Waals surface area (Å²) in [5.74, 6) is -2.73. The first-order valence-corrected chi connectivity index (χ1v) is 6.38. The molecule has 3 aliphatic heterocycles. The maximum absolute atomic E-state index is 12.4. The lowest BCUT2D eigenvalue weighted by Crippen LogP contribution is -2.45. The molecule has 0 N–H and O–H groups in total. The van der Waals surface area contributed by atoms with Crippen LogP contribution >= 0.6 is 0 Å². The molecule has 5 heteroatoms. The van der Waals surface area contributed by atoms with Crippen molar-refractivity contribution < 1.29 is 19.4 Å². The van der Waals surface area contributed by atoms with E-state index in [0.29, 0.717) is 6.54 Å². The molecule has 3 heterocycles. The Hall–Kier alpha value is -1.36. The number of ether oxygens (including phenoxy) is 1. The number of carbonyl (C=O) groups is 2. The molecule has 0 aliphatic carbocycles. The Balaban J connectivity index is 1.97. The minimum absolute atomic E-state index is 0.106. The molecule has 98 valence electrons. The molecular formula is C13H16NO4-. The quantitative estimate of drug-likeness (QED) is 0.622. The van der Waals surface area contributed by atoms with Gasteiger partial charge in [0, 0.05) is 17.9 Å². The molecule has 5 nitrogen and oxygen atoms in total. The van der Waals surface area contributed by atoms with Gasteiger partial charge in [-0.1, -0.05) is 19.1 Å². The molecule has 0 saturated carbocycles. The number of hydrogen-bond acceptors (Lipinski definition) is 4. The zero-order chi connectivity index (χ0) is 13.1. The number of aliphatic carboxylic acids is 1. The van der Waals surface area contributed by atoms with Crippen LogP contribution in [0.15, 0.2) is 12.2 Å². The minimum Gasteiger partial charge on any atom is -0.550 e. The fraction of sp³-hybridized carbons (Fsp3) is 0.692. The first-order valence-electron chi connectivity index (χ1n) is 6.38. The van der Waals surface area contributed by atoms with Gasteiger partial charge in [0.1, 0.15) is 5.60 Å². The molecule has 1 spiro atoms. The third-order valence-electron chi connectivity index (χ3n) is 4.52. The number of carboxylic acids is 1. The fourth-order valence-corrected chi connectivity index (χ4v) is 3.39. The summed E-state index contributed by atoms with van der Waals surface area (Å²) in [7, 11) is 0. The average molecular weight is 250 g/mol. The van der Waals surface area contributed by atoms with E-state index in [1.165, 1.54) is 0 Å². The normalized spacial score (nSPS) is 42.4. The zero-order valence-electron chi connectivity index (χ0n) is 10.5. The van der Waals surface area contributed by atoms with Crippen LogP contribution < -0.4 is 5.11 Å². The van der Waals surface area contributed by atoms with Gasteiger partial charge in [-0.25, -0.2) is 0 Å². The van der Waals surface area contributed by atoms with Crippen molar-refractivity contribution in [1.82, 2.24) is 4.90 Å². The lowest BCUT2D eigenvalue weighted by atomic mass is 9.77. The van der Waals surface area contributed by atoms with Gasteiger partial charge in [0.25, 0.3) is 0 Å². The Morgan fingerprint density at radius 3 is 3.06 bits per heavy atom. The highest BCUT2D eigenvalue weighted by Crippen LogP contribution is 2.52. The Bertz CT molecular complexity index is 446. The molecule has 5 atom stereocenters. The first-order chi connectivity index (χ1) is 8.50. The second-order valence-electron chi connectivity index (χ2n) is 5.44. The van der Waals surface area contributed by atoms with Gasteiger partial charge in [-0.15, -0.1) is 0 Å². The molecule has 1 amide bonds. The molecule has 3 rings (SSSR count). The highest BCUT2D eigenvalue weighted by Gasteiger charge is 2.65. The fourth-order valence-electron chi connectivity index (χ4n) is 3.39. The molecule has 3 aliphatic rings. The molecule has 18 heavy (non-hydrogen) atoms. The molecule has 0 aromatic rings. The summed E-state index contributed by atoms with van der Waals surface area (Å²) in [4.78, 5) is 25.4. The van der Waals surface area contributed by atoms with Crippen molar-refractivity contribution in [1.29, 1.82) is 0 Å². The molecule has 2 bridgehead atoms. The van der Waals surface area contributed by atoms with E-state index >= 15 is 0 Å². The molecule has 2 fully saturated rings. The van der Waals surface area contributed by atoms with E-state index in [9.17, 15) is 14.7 Å². The second kappa shape index (κ2) is 3.57. The molecule has 0 radical (unpaired) electrons. The van der Waals surface area contributed by atoms with Crippen LogP contribution in [0.25, 0.3) is 0 Å². The van der Waals surface area contributed by atoms with Gasteiger partial charge in [-0.05, 0) is 13.3 Å². The van der Waals surface area contributed by atoms with Gasteiger partial charge in [-0.3, -0.25) is 4.79 Å². The predicted octanol–water partition coefficient (Wildman–Crippen LogP) is -0.683. The van der Waals surface area contributed by atoms with Crippen molar-refractivity contribution in [3.8, 4) is 0 Å². The molecule has 0 aromatic carbocycles. The zero-order valence-corrected chi connectivity index (χ0v) is 10.5. The van der Waals surface area contributed by atoms with Crippen LogP contribution in [-0.4, -0.2) is 41.1 Å². The summed E-state index contributed by atoms with van der Waals surface area (Å²) in [6, 6.07) is 0.107. The van der Waals surface area contributed by atoms with E-state index < -0.39 is 29.5 Å². The van der Waals surface area contributed by atoms with E-state index in [2.05, 4.69) is 0 Å². The van der Waals surface area contributed by atoms with Crippen molar-refractivity contribution in [3.05, 3.63) is 12.2 Å². The molecule has 0 unspecified atom stereocenters. The number of fused-ring (bicyclic) bond motifs is 1. The number of amides is 1. The van der Waals surface area contributed by atoms with Crippen LogP contribution in [-0.2, 0) is 14.3 Å². The number of rotatable bonds is 3. The number of likely N-dealkylation sites (tertiary alicyclic amines) is 1. The topological polar surface area (TPSA) is 69.7 Å². The monoisotopic (exact) mass is 250 g/mol. The van der Waals surface area contributed by atoms with Crippen molar-refractivity contribution in [2.45, 2.75) is 38.0 Å². The van der Waals surface area contributed by atoms with E-state index in [1.54, 1.807) is 11.0 Å². The van der Waals surface area contributed by atoms with Crippen molar-refractivity contribution in [2.24, 2.45) is 11.8 Å². The van der Waals surface area contributed by atoms with Crippen molar-refractivity contribution in [3.63, 3.8) is 0 Å².